The van der Waals surface area contributed by atoms with Crippen LogP contribution in [0.25, 0.3) is 0 Å². The molecule has 0 aromatic heterocycles. The molecular formula is C16H11F2N2O. The maximum Gasteiger partial charge on any atom is 0.263 e. The van der Waals surface area contributed by atoms with E-state index in [9.17, 15) is 8.78 Å². The van der Waals surface area contributed by atoms with Crippen molar-refractivity contribution in [3.8, 4) is 6.07 Å². The molecule has 0 N–H and O–H groups in total. The molecule has 2 aromatic carbocycles. The molecule has 0 bridgehead atoms. The van der Waals surface area contributed by atoms with Gasteiger partial charge in [0.1, 0.15) is 12.8 Å². The van der Waals surface area contributed by atoms with Crippen molar-refractivity contribution >= 4 is 6.21 Å². The van der Waals surface area contributed by atoms with Crippen molar-refractivity contribution < 1.29 is 13.6 Å². The summed E-state index contributed by atoms with van der Waals surface area (Å²) < 4.78 is 24.7. The topological polar surface area (TPSA) is 45.4 Å². The average Bonchev–Trinajstić information content (AvgIpc) is 2.52. The lowest BCUT2D eigenvalue weighted by Gasteiger charge is -2.00. The second kappa shape index (κ2) is 7.15. The first-order valence-corrected chi connectivity index (χ1v) is 6.14. The summed E-state index contributed by atoms with van der Waals surface area (Å²) in [5, 5.41) is 12.3. The van der Waals surface area contributed by atoms with E-state index >= 15 is 0 Å². The van der Waals surface area contributed by atoms with Crippen LogP contribution in [0.1, 0.15) is 28.7 Å². The second-order valence-corrected chi connectivity index (χ2v) is 4.21. The van der Waals surface area contributed by atoms with E-state index in [0.29, 0.717) is 11.1 Å². The lowest BCUT2D eigenvalue weighted by Crippen LogP contribution is -1.89. The fourth-order valence-corrected chi connectivity index (χ4v) is 1.57. The van der Waals surface area contributed by atoms with E-state index in [1.165, 1.54) is 24.3 Å². The maximum absolute atomic E-state index is 12.4. The maximum atomic E-state index is 12.4. The third-order valence-electron chi connectivity index (χ3n) is 2.72. The standard InChI is InChI=1S/C16H11F2N2O/c17-16(18)15-7-5-13(6-8-15)10-20-21-11-14-3-1-12(9-19)2-4-14/h1-8,16H,11H2. The van der Waals surface area contributed by atoms with Crippen molar-refractivity contribution in [1.82, 2.24) is 0 Å². The minimum Gasteiger partial charge on any atom is -0.390 e. The van der Waals surface area contributed by atoms with Crippen molar-refractivity contribution in [2.45, 2.75) is 13.0 Å². The Bertz CT molecular complexity index is 643. The third-order valence-corrected chi connectivity index (χ3v) is 2.72. The molecule has 1 radical (unpaired) electrons. The second-order valence-electron chi connectivity index (χ2n) is 4.21. The van der Waals surface area contributed by atoms with Gasteiger partial charge in [-0.15, -0.1) is 0 Å². The lowest BCUT2D eigenvalue weighted by atomic mass is 10.1. The smallest absolute Gasteiger partial charge is 0.263 e. The van der Waals surface area contributed by atoms with Crippen LogP contribution in [0.15, 0.2) is 53.7 Å². The van der Waals surface area contributed by atoms with Gasteiger partial charge in [0.25, 0.3) is 6.43 Å². The zero-order valence-corrected chi connectivity index (χ0v) is 11.0. The Morgan fingerprint density at radius 1 is 1.00 bits per heavy atom. The quantitative estimate of drug-likeness (QED) is 0.617. The van der Waals surface area contributed by atoms with Crippen LogP contribution in [-0.2, 0) is 11.4 Å². The normalized spacial score (nSPS) is 10.8. The Morgan fingerprint density at radius 3 is 2.19 bits per heavy atom. The van der Waals surface area contributed by atoms with Crippen molar-refractivity contribution in [3.63, 3.8) is 0 Å². The SMILES string of the molecule is N#Cc1ccc(CO/N=[C]\c2ccc(C(F)F)cc2)cc1. The molecule has 0 amide bonds. The van der Waals surface area contributed by atoms with Crippen LogP contribution < -0.4 is 0 Å². The molecule has 0 aliphatic rings. The molecule has 2 aromatic rings. The third kappa shape index (κ3) is 4.39. The van der Waals surface area contributed by atoms with Crippen LogP contribution in [0.2, 0.25) is 0 Å². The highest BCUT2D eigenvalue weighted by Crippen LogP contribution is 2.18. The molecule has 3 nitrogen and oxygen atoms in total. The summed E-state index contributed by atoms with van der Waals surface area (Å²) in [7, 11) is 0. The number of nitrogens with zero attached hydrogens (tertiary/aromatic N) is 2. The van der Waals surface area contributed by atoms with Crippen molar-refractivity contribution in [2.75, 3.05) is 0 Å². The van der Waals surface area contributed by atoms with Gasteiger partial charge in [0.2, 0.25) is 0 Å². The molecule has 0 unspecified atom stereocenters. The summed E-state index contributed by atoms with van der Waals surface area (Å²) >= 11 is 0. The fourth-order valence-electron chi connectivity index (χ4n) is 1.57. The predicted octanol–water partition coefficient (Wildman–Crippen LogP) is 3.92. The van der Waals surface area contributed by atoms with E-state index < -0.39 is 6.43 Å². The van der Waals surface area contributed by atoms with E-state index in [4.69, 9.17) is 10.1 Å². The first-order valence-electron chi connectivity index (χ1n) is 6.14. The Morgan fingerprint density at radius 2 is 1.62 bits per heavy atom. The molecule has 0 fully saturated rings. The van der Waals surface area contributed by atoms with E-state index in [1.54, 1.807) is 24.3 Å². The average molecular weight is 285 g/mol. The van der Waals surface area contributed by atoms with E-state index in [0.717, 1.165) is 5.56 Å². The Labute approximate surface area is 121 Å². The fraction of sp³-hybridized carbons (Fsp3) is 0.125. The molecule has 5 heteroatoms. The first-order chi connectivity index (χ1) is 10.2. The van der Waals surface area contributed by atoms with Gasteiger partial charge in [-0.3, -0.25) is 0 Å². The molecule has 21 heavy (non-hydrogen) atoms. The molecule has 105 valence electrons. The minimum atomic E-state index is -2.48. The molecule has 0 atom stereocenters. The molecule has 0 heterocycles. The van der Waals surface area contributed by atoms with Gasteiger partial charge in [-0.1, -0.05) is 41.6 Å². The summed E-state index contributed by atoms with van der Waals surface area (Å²) in [6, 6.07) is 14.6. The van der Waals surface area contributed by atoms with Gasteiger partial charge in [-0.2, -0.15) is 5.26 Å². The van der Waals surface area contributed by atoms with Gasteiger partial charge >= 0.3 is 0 Å². The Kier molecular flexibility index (Phi) is 4.99. The van der Waals surface area contributed by atoms with Gasteiger partial charge in [0, 0.05) is 11.1 Å². The highest BCUT2D eigenvalue weighted by Gasteiger charge is 2.05. The van der Waals surface area contributed by atoms with E-state index in [2.05, 4.69) is 11.4 Å². The monoisotopic (exact) mass is 285 g/mol. The highest BCUT2D eigenvalue weighted by atomic mass is 19.3. The van der Waals surface area contributed by atoms with Crippen LogP contribution >= 0.6 is 0 Å². The number of halogens is 2. The summed E-state index contributed by atoms with van der Waals surface area (Å²) in [5.41, 5.74) is 1.96. The molecule has 2 rings (SSSR count). The van der Waals surface area contributed by atoms with Crippen molar-refractivity contribution in [3.05, 3.63) is 70.8 Å². The molecule has 0 aliphatic carbocycles. The summed E-state index contributed by atoms with van der Waals surface area (Å²) in [4.78, 5) is 5.06. The Hall–Kier alpha value is -2.74. The van der Waals surface area contributed by atoms with Gasteiger partial charge in [0.15, 0.2) is 0 Å². The lowest BCUT2D eigenvalue weighted by molar-refractivity contribution is 0.132. The zero-order chi connectivity index (χ0) is 15.1. The van der Waals surface area contributed by atoms with Gasteiger partial charge < -0.3 is 4.84 Å². The van der Waals surface area contributed by atoms with Gasteiger partial charge in [-0.05, 0) is 17.7 Å². The molecule has 0 spiro atoms. The van der Waals surface area contributed by atoms with Gasteiger partial charge in [-0.25, -0.2) is 8.78 Å². The summed E-state index contributed by atoms with van der Waals surface area (Å²) in [5.74, 6) is 0. The van der Waals surface area contributed by atoms with Crippen LogP contribution in [0.4, 0.5) is 8.78 Å². The molecular weight excluding hydrogens is 274 g/mol. The summed E-state index contributed by atoms with van der Waals surface area (Å²) in [6.45, 7) is 0.244. The van der Waals surface area contributed by atoms with Crippen molar-refractivity contribution in [1.29, 1.82) is 5.26 Å². The Balaban J connectivity index is 1.86. The molecule has 0 aliphatic heterocycles. The van der Waals surface area contributed by atoms with Crippen LogP contribution in [-0.4, -0.2) is 6.21 Å². The first kappa shape index (κ1) is 14.7. The number of hydrogen-bond acceptors (Lipinski definition) is 3. The van der Waals surface area contributed by atoms with E-state index in [-0.39, 0.29) is 12.2 Å². The number of benzene rings is 2. The predicted molar refractivity (Wildman–Crippen MR) is 73.9 cm³/mol. The number of rotatable bonds is 5. The number of nitriles is 1. The molecule has 0 saturated heterocycles. The molecule has 0 saturated carbocycles. The van der Waals surface area contributed by atoms with Crippen molar-refractivity contribution in [2.24, 2.45) is 5.16 Å². The highest BCUT2D eigenvalue weighted by molar-refractivity contribution is 5.79. The largest absolute Gasteiger partial charge is 0.390 e. The summed E-state index contributed by atoms with van der Waals surface area (Å²) in [6.07, 6.45) is 0.126. The van der Waals surface area contributed by atoms with Gasteiger partial charge in [0.05, 0.1) is 11.6 Å². The van der Waals surface area contributed by atoms with Crippen LogP contribution in [0.5, 0.6) is 0 Å². The number of hydrogen-bond donors (Lipinski definition) is 0. The van der Waals surface area contributed by atoms with E-state index in [1.807, 2.05) is 6.07 Å². The van der Waals surface area contributed by atoms with Crippen LogP contribution in [0.3, 0.4) is 0 Å². The number of alkyl halides is 2. The van der Waals surface area contributed by atoms with Crippen LogP contribution in [0, 0.1) is 11.3 Å². The zero-order valence-electron chi connectivity index (χ0n) is 11.0. The minimum absolute atomic E-state index is 0.0425.